The van der Waals surface area contributed by atoms with Crippen molar-refractivity contribution >= 4 is 16.8 Å². The second-order valence-electron chi connectivity index (χ2n) is 4.44. The SMILES string of the molecule is CC(=O)c1cccc2oc(C(C)(C)O)cc12. The molecule has 0 saturated carbocycles. The summed E-state index contributed by atoms with van der Waals surface area (Å²) in [6, 6.07) is 7.05. The van der Waals surface area contributed by atoms with Crippen LogP contribution in [0.3, 0.4) is 0 Å². The first-order valence-electron chi connectivity index (χ1n) is 5.16. The van der Waals surface area contributed by atoms with Gasteiger partial charge in [-0.25, -0.2) is 0 Å². The minimum Gasteiger partial charge on any atom is -0.458 e. The van der Waals surface area contributed by atoms with Gasteiger partial charge in [0.05, 0.1) is 0 Å². The summed E-state index contributed by atoms with van der Waals surface area (Å²) in [5.41, 5.74) is 0.217. The first-order valence-corrected chi connectivity index (χ1v) is 5.16. The monoisotopic (exact) mass is 218 g/mol. The molecule has 0 aliphatic carbocycles. The Hall–Kier alpha value is -1.61. The van der Waals surface area contributed by atoms with E-state index in [0.29, 0.717) is 16.9 Å². The fourth-order valence-corrected chi connectivity index (χ4v) is 1.67. The highest BCUT2D eigenvalue weighted by Gasteiger charge is 2.22. The van der Waals surface area contributed by atoms with Gasteiger partial charge in [-0.15, -0.1) is 0 Å². The lowest BCUT2D eigenvalue weighted by molar-refractivity contribution is 0.0559. The van der Waals surface area contributed by atoms with Crippen LogP contribution in [0.25, 0.3) is 11.0 Å². The van der Waals surface area contributed by atoms with Crippen LogP contribution in [-0.2, 0) is 5.60 Å². The van der Waals surface area contributed by atoms with Crippen LogP contribution < -0.4 is 0 Å². The lowest BCUT2D eigenvalue weighted by atomic mass is 10.0. The summed E-state index contributed by atoms with van der Waals surface area (Å²) < 4.78 is 5.52. The van der Waals surface area contributed by atoms with Crippen LogP contribution in [0.5, 0.6) is 0 Å². The van der Waals surface area contributed by atoms with Crippen molar-refractivity contribution in [2.45, 2.75) is 26.4 Å². The largest absolute Gasteiger partial charge is 0.458 e. The lowest BCUT2D eigenvalue weighted by Gasteiger charge is -2.12. The average molecular weight is 218 g/mol. The van der Waals surface area contributed by atoms with Crippen LogP contribution >= 0.6 is 0 Å². The van der Waals surface area contributed by atoms with Crippen molar-refractivity contribution in [3.63, 3.8) is 0 Å². The van der Waals surface area contributed by atoms with Crippen molar-refractivity contribution in [3.8, 4) is 0 Å². The van der Waals surface area contributed by atoms with E-state index in [1.165, 1.54) is 6.92 Å². The molecular weight excluding hydrogens is 204 g/mol. The second-order valence-corrected chi connectivity index (χ2v) is 4.44. The van der Waals surface area contributed by atoms with Gasteiger partial charge in [-0.05, 0) is 32.9 Å². The van der Waals surface area contributed by atoms with Crippen molar-refractivity contribution in [3.05, 3.63) is 35.6 Å². The number of Topliss-reactive ketones (excluding diaryl/α,β-unsaturated/α-hetero) is 1. The van der Waals surface area contributed by atoms with Gasteiger partial charge in [-0.1, -0.05) is 12.1 Å². The fraction of sp³-hybridized carbons (Fsp3) is 0.308. The van der Waals surface area contributed by atoms with E-state index < -0.39 is 5.60 Å². The molecule has 1 heterocycles. The number of rotatable bonds is 2. The predicted octanol–water partition coefficient (Wildman–Crippen LogP) is 2.86. The smallest absolute Gasteiger partial charge is 0.160 e. The van der Waals surface area contributed by atoms with E-state index in [0.717, 1.165) is 5.39 Å². The number of furan rings is 1. The maximum absolute atomic E-state index is 11.4. The third-order valence-electron chi connectivity index (χ3n) is 2.54. The minimum atomic E-state index is -1.03. The van der Waals surface area contributed by atoms with Crippen molar-refractivity contribution in [1.82, 2.24) is 0 Å². The third-order valence-corrected chi connectivity index (χ3v) is 2.54. The summed E-state index contributed by atoms with van der Waals surface area (Å²) in [6.07, 6.45) is 0. The Kier molecular flexibility index (Phi) is 2.35. The zero-order valence-electron chi connectivity index (χ0n) is 9.57. The Balaban J connectivity index is 2.71. The average Bonchev–Trinajstić information content (AvgIpc) is 2.59. The quantitative estimate of drug-likeness (QED) is 0.788. The number of carbonyl (C=O) groups excluding carboxylic acids is 1. The Morgan fingerprint density at radius 1 is 1.38 bits per heavy atom. The zero-order chi connectivity index (χ0) is 11.9. The van der Waals surface area contributed by atoms with Crippen molar-refractivity contribution < 1.29 is 14.3 Å². The molecule has 2 aromatic rings. The standard InChI is InChI=1S/C13H14O3/c1-8(14)9-5-4-6-11-10(9)7-12(16-11)13(2,3)15/h4-7,15H,1-3H3. The number of hydrogen-bond donors (Lipinski definition) is 1. The van der Waals surface area contributed by atoms with E-state index in [1.54, 1.807) is 38.1 Å². The molecule has 0 amide bonds. The summed E-state index contributed by atoms with van der Waals surface area (Å²) in [5.74, 6) is 0.463. The van der Waals surface area contributed by atoms with E-state index >= 15 is 0 Å². The summed E-state index contributed by atoms with van der Waals surface area (Å²) in [7, 11) is 0. The minimum absolute atomic E-state index is 0.00584. The van der Waals surface area contributed by atoms with E-state index in [2.05, 4.69) is 0 Å². The molecule has 0 aliphatic heterocycles. The topological polar surface area (TPSA) is 50.4 Å². The van der Waals surface area contributed by atoms with Gasteiger partial charge in [-0.2, -0.15) is 0 Å². The molecule has 16 heavy (non-hydrogen) atoms. The van der Waals surface area contributed by atoms with Gasteiger partial charge in [0.25, 0.3) is 0 Å². The Bertz CT molecular complexity index is 544. The van der Waals surface area contributed by atoms with Crippen LogP contribution in [0.1, 0.15) is 36.9 Å². The first kappa shape index (κ1) is 10.9. The second kappa shape index (κ2) is 3.46. The molecule has 0 spiro atoms. The van der Waals surface area contributed by atoms with Crippen LogP contribution in [0, 0.1) is 0 Å². The predicted molar refractivity (Wildman–Crippen MR) is 61.5 cm³/mol. The molecular formula is C13H14O3. The van der Waals surface area contributed by atoms with Crippen LogP contribution in [0.4, 0.5) is 0 Å². The molecule has 0 aliphatic rings. The van der Waals surface area contributed by atoms with E-state index in [9.17, 15) is 9.90 Å². The zero-order valence-corrected chi connectivity index (χ0v) is 9.57. The van der Waals surface area contributed by atoms with E-state index in [4.69, 9.17) is 4.42 Å². The summed E-state index contributed by atoms with van der Waals surface area (Å²) in [5, 5.41) is 10.6. The number of fused-ring (bicyclic) bond motifs is 1. The molecule has 0 bridgehead atoms. The van der Waals surface area contributed by atoms with Crippen LogP contribution in [-0.4, -0.2) is 10.9 Å². The summed E-state index contributed by atoms with van der Waals surface area (Å²) >= 11 is 0. The number of ketones is 1. The first-order chi connectivity index (χ1) is 7.39. The summed E-state index contributed by atoms with van der Waals surface area (Å²) in [4.78, 5) is 11.4. The highest BCUT2D eigenvalue weighted by molar-refractivity contribution is 6.06. The van der Waals surface area contributed by atoms with Crippen molar-refractivity contribution in [2.75, 3.05) is 0 Å². The summed E-state index contributed by atoms with van der Waals surface area (Å²) in [6.45, 7) is 4.82. The maximum atomic E-state index is 11.4. The molecule has 0 unspecified atom stereocenters. The normalized spacial score (nSPS) is 12.0. The Morgan fingerprint density at radius 2 is 2.06 bits per heavy atom. The van der Waals surface area contributed by atoms with Gasteiger partial charge in [0.2, 0.25) is 0 Å². The van der Waals surface area contributed by atoms with Gasteiger partial charge >= 0.3 is 0 Å². The number of hydrogen-bond acceptors (Lipinski definition) is 3. The molecule has 0 saturated heterocycles. The van der Waals surface area contributed by atoms with Gasteiger partial charge < -0.3 is 9.52 Å². The van der Waals surface area contributed by atoms with Gasteiger partial charge in [0.1, 0.15) is 16.9 Å². The molecule has 0 fully saturated rings. The number of aliphatic hydroxyl groups is 1. The number of carbonyl (C=O) groups is 1. The molecule has 1 aromatic carbocycles. The fourth-order valence-electron chi connectivity index (χ4n) is 1.67. The number of benzene rings is 1. The van der Waals surface area contributed by atoms with Gasteiger partial charge in [0.15, 0.2) is 5.78 Å². The highest BCUT2D eigenvalue weighted by Crippen LogP contribution is 2.29. The molecule has 3 nitrogen and oxygen atoms in total. The molecule has 0 radical (unpaired) electrons. The van der Waals surface area contributed by atoms with E-state index in [-0.39, 0.29) is 5.78 Å². The van der Waals surface area contributed by atoms with Gasteiger partial charge in [-0.3, -0.25) is 4.79 Å². The Labute approximate surface area is 93.7 Å². The van der Waals surface area contributed by atoms with Crippen LogP contribution in [0.2, 0.25) is 0 Å². The molecule has 1 N–H and O–H groups in total. The highest BCUT2D eigenvalue weighted by atomic mass is 16.4. The molecule has 0 atom stereocenters. The molecule has 1 aromatic heterocycles. The van der Waals surface area contributed by atoms with Crippen molar-refractivity contribution in [1.29, 1.82) is 0 Å². The van der Waals surface area contributed by atoms with Crippen molar-refractivity contribution in [2.24, 2.45) is 0 Å². The molecule has 84 valence electrons. The van der Waals surface area contributed by atoms with Gasteiger partial charge in [0, 0.05) is 10.9 Å². The lowest BCUT2D eigenvalue weighted by Crippen LogP contribution is -2.13. The van der Waals surface area contributed by atoms with Crippen LogP contribution in [0.15, 0.2) is 28.7 Å². The molecule has 3 heteroatoms. The third kappa shape index (κ3) is 1.74. The molecule has 2 rings (SSSR count). The maximum Gasteiger partial charge on any atom is 0.160 e. The Morgan fingerprint density at radius 3 is 2.62 bits per heavy atom. The van der Waals surface area contributed by atoms with E-state index in [1.807, 2.05) is 0 Å².